The van der Waals surface area contributed by atoms with Gasteiger partial charge < -0.3 is 19.9 Å². The third kappa shape index (κ3) is 6.55. The van der Waals surface area contributed by atoms with Crippen LogP contribution in [0.5, 0.6) is 0 Å². The second kappa shape index (κ2) is 11.2. The summed E-state index contributed by atoms with van der Waals surface area (Å²) in [6.45, 7) is 6.44. The summed E-state index contributed by atoms with van der Waals surface area (Å²) < 4.78 is 30.3. The van der Waals surface area contributed by atoms with Crippen LogP contribution in [0.1, 0.15) is 20.1 Å². The van der Waals surface area contributed by atoms with E-state index in [-0.39, 0.29) is 22.7 Å². The molecule has 10 nitrogen and oxygen atoms in total. The number of halogens is 1. The van der Waals surface area contributed by atoms with E-state index < -0.39 is 10.0 Å². The molecule has 0 spiro atoms. The molecule has 1 aromatic carbocycles. The highest BCUT2D eigenvalue weighted by atomic mass is 35.5. The summed E-state index contributed by atoms with van der Waals surface area (Å²) in [5.41, 5.74) is 4.22. The fourth-order valence-corrected chi connectivity index (χ4v) is 5.94. The van der Waals surface area contributed by atoms with E-state index in [0.29, 0.717) is 36.7 Å². The van der Waals surface area contributed by atoms with Gasteiger partial charge in [0.1, 0.15) is 0 Å². The third-order valence-electron chi connectivity index (χ3n) is 6.00. The fraction of sp³-hybridized carbons (Fsp3) is 0.320. The number of nitrogens with one attached hydrogen (secondary N) is 2. The summed E-state index contributed by atoms with van der Waals surface area (Å²) in [6, 6.07) is 8.38. The van der Waals surface area contributed by atoms with Crippen LogP contribution in [0.25, 0.3) is 11.3 Å². The number of rotatable bonds is 6. The van der Waals surface area contributed by atoms with Crippen molar-refractivity contribution < 1.29 is 22.7 Å². The molecule has 3 heterocycles. The minimum Gasteiger partial charge on any atom is -0.453 e. The Kier molecular flexibility index (Phi) is 8.14. The molecule has 0 bridgehead atoms. The van der Waals surface area contributed by atoms with Crippen molar-refractivity contribution in [2.24, 2.45) is 0 Å². The Balaban J connectivity index is 1.49. The smallest absolute Gasteiger partial charge is 0.409 e. The van der Waals surface area contributed by atoms with Crippen molar-refractivity contribution in [2.45, 2.75) is 13.8 Å². The molecule has 13 heteroatoms. The first-order valence-electron chi connectivity index (χ1n) is 11.7. The van der Waals surface area contributed by atoms with Gasteiger partial charge in [-0.15, -0.1) is 11.3 Å². The van der Waals surface area contributed by atoms with Crippen LogP contribution in [0.2, 0.25) is 5.02 Å². The number of nitrogens with zero attached hydrogens (tertiary/aromatic N) is 3. The number of anilines is 3. The number of methoxy groups -OCH3 is 1. The van der Waals surface area contributed by atoms with Crippen LogP contribution in [0, 0.1) is 13.8 Å². The lowest BCUT2D eigenvalue weighted by molar-refractivity contribution is 0.103. The first-order valence-corrected chi connectivity index (χ1v) is 14.8. The number of pyridine rings is 1. The van der Waals surface area contributed by atoms with Crippen LogP contribution in [-0.2, 0) is 14.8 Å². The van der Waals surface area contributed by atoms with Gasteiger partial charge in [0, 0.05) is 47.3 Å². The van der Waals surface area contributed by atoms with E-state index in [9.17, 15) is 18.0 Å². The van der Waals surface area contributed by atoms with Crippen LogP contribution in [0.4, 0.5) is 21.9 Å². The van der Waals surface area contributed by atoms with Crippen molar-refractivity contribution >= 4 is 62.0 Å². The predicted octanol–water partition coefficient (Wildman–Crippen LogP) is 4.59. The maximum absolute atomic E-state index is 13.0. The maximum atomic E-state index is 13.0. The van der Waals surface area contributed by atoms with Crippen molar-refractivity contribution in [3.05, 3.63) is 56.9 Å². The molecule has 0 unspecified atom stereocenters. The number of amides is 2. The standard InChI is InChI=1S/C25H28ClN5O5S2/c1-15-9-20(30-5-7-31(8-6-30)25(33)36-3)14-27-23(15)21-13-22(37-16(21)2)24(32)28-18-10-17(26)11-19(12-18)29-38(4,34)35/h9-14,29H,5-8H2,1-4H3,(H,28,32). The molecular formula is C25H28ClN5O5S2. The highest BCUT2D eigenvalue weighted by molar-refractivity contribution is 7.92. The Morgan fingerprint density at radius 1 is 1.05 bits per heavy atom. The van der Waals surface area contributed by atoms with Gasteiger partial charge in [0.25, 0.3) is 5.91 Å². The molecule has 0 atom stereocenters. The summed E-state index contributed by atoms with van der Waals surface area (Å²) in [5.74, 6) is -0.338. The number of thiophene rings is 1. The van der Waals surface area contributed by atoms with E-state index in [1.54, 1.807) is 17.0 Å². The van der Waals surface area contributed by atoms with Crippen molar-refractivity contribution in [3.8, 4) is 11.3 Å². The molecule has 202 valence electrons. The average molecular weight is 578 g/mol. The van der Waals surface area contributed by atoms with E-state index in [4.69, 9.17) is 21.3 Å². The van der Waals surface area contributed by atoms with E-state index in [0.717, 1.165) is 33.6 Å². The minimum absolute atomic E-state index is 0.255. The van der Waals surface area contributed by atoms with Crippen LogP contribution in [-0.4, -0.2) is 69.8 Å². The molecule has 3 aromatic rings. The molecule has 1 fully saturated rings. The van der Waals surface area contributed by atoms with Crippen molar-refractivity contribution in [3.63, 3.8) is 0 Å². The SMILES string of the molecule is COC(=O)N1CCN(c2cnc(-c3cc(C(=O)Nc4cc(Cl)cc(NS(C)(=O)=O)c4)sc3C)c(C)c2)CC1. The quantitative estimate of drug-likeness (QED) is 0.439. The Bertz CT molecular complexity index is 1480. The fourth-order valence-electron chi connectivity index (χ4n) is 4.25. The Labute approximate surface area is 230 Å². The zero-order valence-electron chi connectivity index (χ0n) is 21.4. The van der Waals surface area contributed by atoms with Crippen molar-refractivity contribution in [1.82, 2.24) is 9.88 Å². The lowest BCUT2D eigenvalue weighted by atomic mass is 10.1. The van der Waals surface area contributed by atoms with Crippen LogP contribution >= 0.6 is 22.9 Å². The largest absolute Gasteiger partial charge is 0.453 e. The average Bonchev–Trinajstić information content (AvgIpc) is 3.23. The monoisotopic (exact) mass is 577 g/mol. The molecule has 1 aliphatic rings. The summed E-state index contributed by atoms with van der Waals surface area (Å²) in [4.78, 5) is 34.8. The number of hydrogen-bond acceptors (Lipinski definition) is 8. The van der Waals surface area contributed by atoms with E-state index in [1.807, 2.05) is 20.0 Å². The molecule has 4 rings (SSSR count). The van der Waals surface area contributed by atoms with Gasteiger partial charge in [-0.05, 0) is 49.7 Å². The number of carbonyl (C=O) groups is 2. The van der Waals surface area contributed by atoms with Gasteiger partial charge in [0.2, 0.25) is 10.0 Å². The van der Waals surface area contributed by atoms with Gasteiger partial charge in [-0.25, -0.2) is 13.2 Å². The molecule has 2 aromatic heterocycles. The number of sulfonamides is 1. The number of aryl methyl sites for hydroxylation is 2. The molecular weight excluding hydrogens is 550 g/mol. The zero-order valence-corrected chi connectivity index (χ0v) is 23.8. The van der Waals surface area contributed by atoms with E-state index in [1.165, 1.54) is 30.6 Å². The number of benzene rings is 1. The number of carbonyl (C=O) groups excluding carboxylic acids is 2. The zero-order chi connectivity index (χ0) is 27.6. The summed E-state index contributed by atoms with van der Waals surface area (Å²) >= 11 is 7.46. The second-order valence-corrected chi connectivity index (χ2v) is 12.4. The lowest BCUT2D eigenvalue weighted by Gasteiger charge is -2.35. The van der Waals surface area contributed by atoms with Crippen molar-refractivity contribution in [1.29, 1.82) is 0 Å². The summed E-state index contributed by atoms with van der Waals surface area (Å²) in [7, 11) is -2.11. The first-order chi connectivity index (χ1) is 17.9. The van der Waals surface area contributed by atoms with Crippen LogP contribution < -0.4 is 14.9 Å². The number of hydrogen-bond donors (Lipinski definition) is 2. The molecule has 0 aliphatic carbocycles. The molecule has 1 saturated heterocycles. The second-order valence-electron chi connectivity index (χ2n) is 8.94. The predicted molar refractivity (Wildman–Crippen MR) is 151 cm³/mol. The molecule has 1 aliphatic heterocycles. The van der Waals surface area contributed by atoms with Gasteiger partial charge in [-0.3, -0.25) is 14.5 Å². The highest BCUT2D eigenvalue weighted by Gasteiger charge is 2.23. The number of piperazine rings is 1. The van der Waals surface area contributed by atoms with Gasteiger partial charge in [-0.2, -0.15) is 0 Å². The van der Waals surface area contributed by atoms with Gasteiger partial charge >= 0.3 is 6.09 Å². The molecule has 2 amide bonds. The molecule has 0 radical (unpaired) electrons. The first kappa shape index (κ1) is 27.7. The normalized spacial score (nSPS) is 13.8. The van der Waals surface area contributed by atoms with Gasteiger partial charge in [0.05, 0.1) is 41.5 Å². The number of aromatic nitrogens is 1. The topological polar surface area (TPSA) is 121 Å². The highest BCUT2D eigenvalue weighted by Crippen LogP contribution is 2.34. The van der Waals surface area contributed by atoms with Crippen LogP contribution in [0.3, 0.4) is 0 Å². The van der Waals surface area contributed by atoms with Crippen LogP contribution in [0.15, 0.2) is 36.5 Å². The third-order valence-corrected chi connectivity index (χ3v) is 7.87. The Hall–Kier alpha value is -3.35. The van der Waals surface area contributed by atoms with Gasteiger partial charge in [0.15, 0.2) is 0 Å². The summed E-state index contributed by atoms with van der Waals surface area (Å²) in [6.07, 6.45) is 2.54. The maximum Gasteiger partial charge on any atom is 0.409 e. The molecule has 0 saturated carbocycles. The van der Waals surface area contributed by atoms with E-state index >= 15 is 0 Å². The molecule has 38 heavy (non-hydrogen) atoms. The minimum atomic E-state index is -3.50. The van der Waals surface area contributed by atoms with Crippen molar-refractivity contribution in [2.75, 3.05) is 54.5 Å². The summed E-state index contributed by atoms with van der Waals surface area (Å²) in [5, 5.41) is 3.07. The molecule has 2 N–H and O–H groups in total. The lowest BCUT2D eigenvalue weighted by Crippen LogP contribution is -2.48. The number of ether oxygens (including phenoxy) is 1. The van der Waals surface area contributed by atoms with Gasteiger partial charge in [-0.1, -0.05) is 11.6 Å². The van der Waals surface area contributed by atoms with E-state index in [2.05, 4.69) is 21.0 Å². The Morgan fingerprint density at radius 2 is 1.74 bits per heavy atom. The Morgan fingerprint density at radius 3 is 2.37 bits per heavy atom.